The Hall–Kier alpha value is -1.42. The molecule has 1 aromatic heterocycles. The average Bonchev–Trinajstić information content (AvgIpc) is 2.70. The second-order valence-corrected chi connectivity index (χ2v) is 3.73. The van der Waals surface area contributed by atoms with Crippen molar-refractivity contribution >= 4 is 27.5 Å². The molecule has 0 fully saturated rings. The van der Waals surface area contributed by atoms with Gasteiger partial charge < -0.3 is 4.74 Å². The summed E-state index contributed by atoms with van der Waals surface area (Å²) >= 11 is 1.48. The highest BCUT2D eigenvalue weighted by molar-refractivity contribution is 7.17. The van der Waals surface area contributed by atoms with Crippen molar-refractivity contribution in [2.24, 2.45) is 0 Å². The largest absolute Gasteiger partial charge is 0.457 e. The summed E-state index contributed by atoms with van der Waals surface area (Å²) in [7, 11) is 0. The van der Waals surface area contributed by atoms with Gasteiger partial charge in [0.25, 0.3) is 0 Å². The number of aromatic nitrogens is 1. The number of cyclic esters (lactones) is 1. The molecule has 4 heteroatoms. The lowest BCUT2D eigenvalue weighted by Crippen LogP contribution is -1.93. The van der Waals surface area contributed by atoms with Crippen LogP contribution in [0.3, 0.4) is 0 Å². The molecular formula is C9H5NO2S. The maximum atomic E-state index is 11.3. The highest BCUT2D eigenvalue weighted by Gasteiger charge is 2.24. The van der Waals surface area contributed by atoms with Gasteiger partial charge in [0.05, 0.1) is 21.3 Å². The molecule has 0 atom stereocenters. The van der Waals surface area contributed by atoms with E-state index in [0.717, 1.165) is 15.8 Å². The number of hydrogen-bond acceptors (Lipinski definition) is 4. The monoisotopic (exact) mass is 191 g/mol. The maximum Gasteiger partial charge on any atom is 0.340 e. The van der Waals surface area contributed by atoms with Crippen molar-refractivity contribution in [1.29, 1.82) is 0 Å². The molecule has 0 radical (unpaired) electrons. The Morgan fingerprint density at radius 3 is 3.31 bits per heavy atom. The second kappa shape index (κ2) is 2.29. The van der Waals surface area contributed by atoms with Crippen LogP contribution in [0.2, 0.25) is 0 Å². The zero-order chi connectivity index (χ0) is 8.84. The summed E-state index contributed by atoms with van der Waals surface area (Å²) in [6.45, 7) is 0.405. The summed E-state index contributed by atoms with van der Waals surface area (Å²) < 4.78 is 5.89. The third-order valence-corrected chi connectivity index (χ3v) is 3.01. The fourth-order valence-electron chi connectivity index (χ4n) is 1.53. The van der Waals surface area contributed by atoms with Crippen molar-refractivity contribution in [3.8, 4) is 0 Å². The smallest absolute Gasteiger partial charge is 0.340 e. The molecule has 64 valence electrons. The van der Waals surface area contributed by atoms with Gasteiger partial charge >= 0.3 is 5.97 Å². The van der Waals surface area contributed by atoms with Gasteiger partial charge in [-0.25, -0.2) is 9.78 Å². The average molecular weight is 191 g/mol. The molecule has 1 aliphatic rings. The Balaban J connectivity index is 2.49. The summed E-state index contributed by atoms with van der Waals surface area (Å²) in [4.78, 5) is 15.5. The first-order valence-electron chi connectivity index (χ1n) is 3.88. The van der Waals surface area contributed by atoms with Crippen molar-refractivity contribution in [2.75, 3.05) is 0 Å². The van der Waals surface area contributed by atoms with E-state index >= 15 is 0 Å². The first-order chi connectivity index (χ1) is 6.36. The van der Waals surface area contributed by atoms with Gasteiger partial charge in [-0.1, -0.05) is 6.07 Å². The van der Waals surface area contributed by atoms with E-state index in [1.807, 2.05) is 12.1 Å². The Bertz CT molecular complexity index is 503. The van der Waals surface area contributed by atoms with Gasteiger partial charge in [0, 0.05) is 5.56 Å². The number of fused-ring (bicyclic) bond motifs is 3. The van der Waals surface area contributed by atoms with E-state index in [1.54, 1.807) is 5.51 Å². The van der Waals surface area contributed by atoms with Crippen molar-refractivity contribution in [3.05, 3.63) is 28.8 Å². The minimum atomic E-state index is -0.218. The molecule has 0 saturated carbocycles. The van der Waals surface area contributed by atoms with Gasteiger partial charge in [-0.2, -0.15) is 0 Å². The quantitative estimate of drug-likeness (QED) is 0.597. The molecule has 2 aromatic rings. The van der Waals surface area contributed by atoms with E-state index in [-0.39, 0.29) is 5.97 Å². The molecule has 3 nitrogen and oxygen atoms in total. The number of benzene rings is 1. The lowest BCUT2D eigenvalue weighted by atomic mass is 10.1. The second-order valence-electron chi connectivity index (χ2n) is 2.88. The molecule has 2 heterocycles. The number of carbonyl (C=O) groups excluding carboxylic acids is 1. The van der Waals surface area contributed by atoms with Gasteiger partial charge in [-0.05, 0) is 6.07 Å². The summed E-state index contributed by atoms with van der Waals surface area (Å²) in [6, 6.07) is 3.83. The number of esters is 1. The Morgan fingerprint density at radius 2 is 2.38 bits per heavy atom. The molecule has 3 rings (SSSR count). The van der Waals surface area contributed by atoms with E-state index in [4.69, 9.17) is 4.74 Å². The molecule has 1 aromatic carbocycles. The molecule has 0 spiro atoms. The fourth-order valence-corrected chi connectivity index (χ4v) is 2.37. The van der Waals surface area contributed by atoms with Crippen LogP contribution in [-0.2, 0) is 11.3 Å². The third kappa shape index (κ3) is 0.833. The first-order valence-corrected chi connectivity index (χ1v) is 4.76. The van der Waals surface area contributed by atoms with Crippen LogP contribution < -0.4 is 0 Å². The van der Waals surface area contributed by atoms with Crippen LogP contribution in [0.5, 0.6) is 0 Å². The fraction of sp³-hybridized carbons (Fsp3) is 0.111. The zero-order valence-corrected chi connectivity index (χ0v) is 7.43. The minimum Gasteiger partial charge on any atom is -0.457 e. The molecule has 0 N–H and O–H groups in total. The van der Waals surface area contributed by atoms with E-state index in [0.29, 0.717) is 12.2 Å². The molecule has 0 bridgehead atoms. The molecule has 0 aliphatic carbocycles. The van der Waals surface area contributed by atoms with Gasteiger partial charge in [0.2, 0.25) is 0 Å². The summed E-state index contributed by atoms with van der Waals surface area (Å²) in [6.07, 6.45) is 0. The SMILES string of the molecule is O=C1OCc2ccc3ncsc3c21. The Morgan fingerprint density at radius 1 is 1.46 bits per heavy atom. The molecule has 13 heavy (non-hydrogen) atoms. The number of hydrogen-bond donors (Lipinski definition) is 0. The predicted octanol–water partition coefficient (Wildman–Crippen LogP) is 1.97. The molecular weight excluding hydrogens is 186 g/mol. The minimum absolute atomic E-state index is 0.218. The summed E-state index contributed by atoms with van der Waals surface area (Å²) in [5, 5.41) is 0. The number of ether oxygens (including phenoxy) is 1. The van der Waals surface area contributed by atoms with Crippen LogP contribution in [0.1, 0.15) is 15.9 Å². The van der Waals surface area contributed by atoms with Gasteiger partial charge in [-0.3, -0.25) is 0 Å². The van der Waals surface area contributed by atoms with E-state index in [2.05, 4.69) is 4.98 Å². The van der Waals surface area contributed by atoms with Crippen molar-refractivity contribution in [2.45, 2.75) is 6.61 Å². The van der Waals surface area contributed by atoms with Gasteiger partial charge in [-0.15, -0.1) is 11.3 Å². The first kappa shape index (κ1) is 7.03. The Kier molecular flexibility index (Phi) is 1.24. The third-order valence-electron chi connectivity index (χ3n) is 2.15. The van der Waals surface area contributed by atoms with Crippen molar-refractivity contribution in [3.63, 3.8) is 0 Å². The lowest BCUT2D eigenvalue weighted by Gasteiger charge is -1.93. The topological polar surface area (TPSA) is 39.2 Å². The summed E-state index contributed by atoms with van der Waals surface area (Å²) in [5.74, 6) is -0.218. The van der Waals surface area contributed by atoms with Gasteiger partial charge in [0.15, 0.2) is 0 Å². The lowest BCUT2D eigenvalue weighted by molar-refractivity contribution is 0.0536. The standard InChI is InChI=1S/C9H5NO2S/c11-9-7-5(3-12-9)1-2-6-8(7)13-4-10-6/h1-2,4H,3H2. The van der Waals surface area contributed by atoms with Crippen LogP contribution in [0, 0.1) is 0 Å². The molecule has 0 amide bonds. The van der Waals surface area contributed by atoms with E-state index in [1.165, 1.54) is 11.3 Å². The summed E-state index contributed by atoms with van der Waals surface area (Å²) in [5.41, 5.74) is 4.31. The zero-order valence-electron chi connectivity index (χ0n) is 6.61. The van der Waals surface area contributed by atoms with E-state index in [9.17, 15) is 4.79 Å². The van der Waals surface area contributed by atoms with Crippen molar-refractivity contribution < 1.29 is 9.53 Å². The number of rotatable bonds is 0. The van der Waals surface area contributed by atoms with Crippen LogP contribution in [-0.4, -0.2) is 11.0 Å². The van der Waals surface area contributed by atoms with Gasteiger partial charge in [0.1, 0.15) is 6.61 Å². The number of thiazole rings is 1. The van der Waals surface area contributed by atoms with Crippen LogP contribution >= 0.6 is 11.3 Å². The Labute approximate surface area is 78.0 Å². The van der Waals surface area contributed by atoms with E-state index < -0.39 is 0 Å². The molecule has 0 unspecified atom stereocenters. The number of nitrogens with zero attached hydrogens (tertiary/aromatic N) is 1. The van der Waals surface area contributed by atoms with Crippen LogP contribution in [0.4, 0.5) is 0 Å². The van der Waals surface area contributed by atoms with Crippen molar-refractivity contribution in [1.82, 2.24) is 4.98 Å². The highest BCUT2D eigenvalue weighted by Crippen LogP contribution is 2.30. The van der Waals surface area contributed by atoms with Crippen LogP contribution in [0.25, 0.3) is 10.2 Å². The molecule has 1 aliphatic heterocycles. The molecule has 0 saturated heterocycles. The van der Waals surface area contributed by atoms with Crippen LogP contribution in [0.15, 0.2) is 17.6 Å². The highest BCUT2D eigenvalue weighted by atomic mass is 32.1. The normalized spacial score (nSPS) is 14.6. The maximum absolute atomic E-state index is 11.3. The predicted molar refractivity (Wildman–Crippen MR) is 48.7 cm³/mol. The number of carbonyl (C=O) groups is 1.